The van der Waals surface area contributed by atoms with Gasteiger partial charge >= 0.3 is 0 Å². The first-order valence-corrected chi connectivity index (χ1v) is 8.52. The summed E-state index contributed by atoms with van der Waals surface area (Å²) in [5, 5.41) is 5.28. The van der Waals surface area contributed by atoms with Crippen LogP contribution in [0.3, 0.4) is 0 Å². The number of methoxy groups -OCH3 is 1. The Morgan fingerprint density at radius 1 is 1.20 bits per heavy atom. The number of hydrogen-bond donors (Lipinski definition) is 2. The number of ether oxygens (including phenoxy) is 1. The van der Waals surface area contributed by atoms with E-state index in [1.807, 2.05) is 18.2 Å². The Balaban J connectivity index is 2.03. The van der Waals surface area contributed by atoms with Crippen molar-refractivity contribution in [1.82, 2.24) is 5.32 Å². The van der Waals surface area contributed by atoms with Gasteiger partial charge in [0.2, 0.25) is 5.91 Å². The number of carbonyl (C=O) groups excluding carboxylic acids is 2. The van der Waals surface area contributed by atoms with Crippen molar-refractivity contribution < 1.29 is 18.7 Å². The Labute approximate surface area is 155 Å². The Hall–Kier alpha value is -2.28. The molecule has 6 nitrogen and oxygen atoms in total. The van der Waals surface area contributed by atoms with Gasteiger partial charge in [-0.05, 0) is 51.2 Å². The van der Waals surface area contributed by atoms with E-state index in [1.54, 1.807) is 6.07 Å². The zero-order valence-corrected chi connectivity index (χ0v) is 16.2. The van der Waals surface area contributed by atoms with Gasteiger partial charge in [0.25, 0.3) is 5.91 Å². The second kappa shape index (κ2) is 7.74. The predicted molar refractivity (Wildman–Crippen MR) is 99.1 cm³/mol. The highest BCUT2D eigenvalue weighted by Gasteiger charge is 2.17. The van der Waals surface area contributed by atoms with Gasteiger partial charge in [-0.3, -0.25) is 9.59 Å². The van der Waals surface area contributed by atoms with Crippen LogP contribution in [0.2, 0.25) is 0 Å². The highest BCUT2D eigenvalue weighted by atomic mass is 79.9. The number of carbonyl (C=O) groups is 2. The molecule has 1 aromatic carbocycles. The van der Waals surface area contributed by atoms with Gasteiger partial charge in [0.15, 0.2) is 10.4 Å². The molecule has 0 radical (unpaired) electrons. The standard InChI is InChI=1S/C18H21BrN2O4/c1-18(2,3)11-5-6-13(24-4)12(9-11)21-16(22)10-20-17(23)14-7-8-15(19)25-14/h5-9H,10H2,1-4H3,(H,20,23)(H,21,22). The van der Waals surface area contributed by atoms with E-state index >= 15 is 0 Å². The zero-order valence-electron chi connectivity index (χ0n) is 14.6. The molecule has 0 spiro atoms. The van der Waals surface area contributed by atoms with E-state index in [4.69, 9.17) is 9.15 Å². The molecule has 1 aromatic heterocycles. The summed E-state index contributed by atoms with van der Waals surface area (Å²) in [6, 6.07) is 8.79. The van der Waals surface area contributed by atoms with Crippen molar-refractivity contribution in [3.8, 4) is 5.75 Å². The van der Waals surface area contributed by atoms with Gasteiger partial charge in [-0.25, -0.2) is 0 Å². The molecule has 0 aliphatic heterocycles. The molecule has 0 aliphatic carbocycles. The van der Waals surface area contributed by atoms with Gasteiger partial charge in [-0.2, -0.15) is 0 Å². The second-order valence-corrected chi connectivity index (χ2v) is 7.28. The van der Waals surface area contributed by atoms with Crippen LogP contribution in [0.5, 0.6) is 5.75 Å². The van der Waals surface area contributed by atoms with Crippen LogP contribution < -0.4 is 15.4 Å². The molecule has 25 heavy (non-hydrogen) atoms. The smallest absolute Gasteiger partial charge is 0.287 e. The third kappa shape index (κ3) is 5.09. The number of benzene rings is 1. The van der Waals surface area contributed by atoms with Crippen LogP contribution >= 0.6 is 15.9 Å². The number of furan rings is 1. The molecule has 1 heterocycles. The lowest BCUT2D eigenvalue weighted by atomic mass is 9.87. The summed E-state index contributed by atoms with van der Waals surface area (Å²) in [6.07, 6.45) is 0. The molecule has 2 rings (SSSR count). The number of nitrogens with one attached hydrogen (secondary N) is 2. The fraction of sp³-hybridized carbons (Fsp3) is 0.333. The van der Waals surface area contributed by atoms with Crippen LogP contribution in [-0.4, -0.2) is 25.5 Å². The number of amides is 2. The molecule has 0 bridgehead atoms. The molecule has 134 valence electrons. The number of hydrogen-bond acceptors (Lipinski definition) is 4. The minimum atomic E-state index is -0.462. The van der Waals surface area contributed by atoms with E-state index in [-0.39, 0.29) is 23.6 Å². The Morgan fingerprint density at radius 3 is 2.48 bits per heavy atom. The van der Waals surface area contributed by atoms with E-state index in [2.05, 4.69) is 47.3 Å². The molecule has 7 heteroatoms. The van der Waals surface area contributed by atoms with Crippen molar-refractivity contribution in [1.29, 1.82) is 0 Å². The second-order valence-electron chi connectivity index (χ2n) is 6.50. The van der Waals surface area contributed by atoms with Crippen LogP contribution in [0.25, 0.3) is 0 Å². The highest BCUT2D eigenvalue weighted by molar-refractivity contribution is 9.10. The lowest BCUT2D eigenvalue weighted by molar-refractivity contribution is -0.115. The summed E-state index contributed by atoms with van der Waals surface area (Å²) in [5.41, 5.74) is 1.56. The van der Waals surface area contributed by atoms with Gasteiger partial charge in [-0.1, -0.05) is 26.8 Å². The molecule has 0 saturated carbocycles. The third-order valence-electron chi connectivity index (χ3n) is 3.55. The molecule has 2 N–H and O–H groups in total. The monoisotopic (exact) mass is 408 g/mol. The molecular weight excluding hydrogens is 388 g/mol. The summed E-state index contributed by atoms with van der Waals surface area (Å²) in [4.78, 5) is 24.1. The molecule has 0 saturated heterocycles. The number of rotatable bonds is 5. The Kier molecular flexibility index (Phi) is 5.89. The SMILES string of the molecule is COc1ccc(C(C)(C)C)cc1NC(=O)CNC(=O)c1ccc(Br)o1. The lowest BCUT2D eigenvalue weighted by Gasteiger charge is -2.21. The molecule has 2 amide bonds. The predicted octanol–water partition coefficient (Wildman–Crippen LogP) is 3.72. The van der Waals surface area contributed by atoms with Crippen LogP contribution in [0, 0.1) is 0 Å². The van der Waals surface area contributed by atoms with Crippen molar-refractivity contribution in [2.75, 3.05) is 19.0 Å². The van der Waals surface area contributed by atoms with Crippen LogP contribution in [0.4, 0.5) is 5.69 Å². The normalized spacial score (nSPS) is 11.1. The van der Waals surface area contributed by atoms with Gasteiger partial charge in [0.05, 0.1) is 19.3 Å². The van der Waals surface area contributed by atoms with Crippen molar-refractivity contribution in [3.05, 3.63) is 46.3 Å². The van der Waals surface area contributed by atoms with Crippen molar-refractivity contribution >= 4 is 33.4 Å². The third-order valence-corrected chi connectivity index (χ3v) is 3.97. The fourth-order valence-corrected chi connectivity index (χ4v) is 2.46. The molecule has 0 fully saturated rings. The maximum atomic E-state index is 12.2. The summed E-state index contributed by atoms with van der Waals surface area (Å²) in [6.45, 7) is 6.08. The first-order valence-electron chi connectivity index (χ1n) is 7.72. The molecular formula is C18H21BrN2O4. The zero-order chi connectivity index (χ0) is 18.6. The van der Waals surface area contributed by atoms with Gasteiger partial charge < -0.3 is 19.8 Å². The maximum Gasteiger partial charge on any atom is 0.287 e. The minimum Gasteiger partial charge on any atom is -0.495 e. The van der Waals surface area contributed by atoms with E-state index in [0.29, 0.717) is 16.1 Å². The van der Waals surface area contributed by atoms with E-state index in [1.165, 1.54) is 13.2 Å². The van der Waals surface area contributed by atoms with Gasteiger partial charge in [-0.15, -0.1) is 0 Å². The molecule has 0 aliphatic rings. The largest absolute Gasteiger partial charge is 0.495 e. The topological polar surface area (TPSA) is 80.6 Å². The lowest BCUT2D eigenvalue weighted by Crippen LogP contribution is -2.32. The summed E-state index contributed by atoms with van der Waals surface area (Å²) >= 11 is 3.12. The van der Waals surface area contributed by atoms with Crippen LogP contribution in [-0.2, 0) is 10.2 Å². The maximum absolute atomic E-state index is 12.2. The average Bonchev–Trinajstić information content (AvgIpc) is 2.98. The van der Waals surface area contributed by atoms with Crippen LogP contribution in [0.15, 0.2) is 39.4 Å². The van der Waals surface area contributed by atoms with Crippen LogP contribution in [0.1, 0.15) is 36.9 Å². The first-order chi connectivity index (χ1) is 11.7. The molecule has 2 aromatic rings. The Morgan fingerprint density at radius 2 is 1.92 bits per heavy atom. The van der Waals surface area contributed by atoms with Crippen molar-refractivity contribution in [3.63, 3.8) is 0 Å². The summed E-state index contributed by atoms with van der Waals surface area (Å²) < 4.78 is 10.9. The van der Waals surface area contributed by atoms with Crippen molar-refractivity contribution in [2.24, 2.45) is 0 Å². The molecule has 0 unspecified atom stereocenters. The Bertz CT molecular complexity index is 778. The van der Waals surface area contributed by atoms with Gasteiger partial charge in [0.1, 0.15) is 5.75 Å². The number of anilines is 1. The molecule has 0 atom stereocenters. The van der Waals surface area contributed by atoms with Gasteiger partial charge in [0, 0.05) is 0 Å². The van der Waals surface area contributed by atoms with E-state index < -0.39 is 5.91 Å². The van der Waals surface area contributed by atoms with E-state index in [9.17, 15) is 9.59 Å². The summed E-state index contributed by atoms with van der Waals surface area (Å²) in [7, 11) is 1.54. The fourth-order valence-electron chi connectivity index (χ4n) is 2.15. The highest BCUT2D eigenvalue weighted by Crippen LogP contribution is 2.31. The van der Waals surface area contributed by atoms with E-state index in [0.717, 1.165) is 5.56 Å². The first kappa shape index (κ1) is 19.1. The summed E-state index contributed by atoms with van der Waals surface area (Å²) in [5.74, 6) is -0.130. The quantitative estimate of drug-likeness (QED) is 0.789. The minimum absolute atomic E-state index is 0.0629. The number of halogens is 1. The average molecular weight is 409 g/mol. The van der Waals surface area contributed by atoms with Crippen molar-refractivity contribution in [2.45, 2.75) is 26.2 Å².